The zero-order chi connectivity index (χ0) is 18.4. The molecule has 1 aromatic heterocycles. The molecule has 2 heterocycles. The lowest BCUT2D eigenvalue weighted by Crippen LogP contribution is -2.49. The van der Waals surface area contributed by atoms with Crippen LogP contribution in [-0.4, -0.2) is 60.9 Å². The van der Waals surface area contributed by atoms with E-state index in [4.69, 9.17) is 9.47 Å². The summed E-state index contributed by atoms with van der Waals surface area (Å²) in [6, 6.07) is 9.47. The Bertz CT molecular complexity index is 747. The van der Waals surface area contributed by atoms with Crippen molar-refractivity contribution >= 4 is 23.5 Å². The molecule has 1 aliphatic heterocycles. The number of amides is 1. The molecular formula is C18H23N5O3. The number of methoxy groups -OCH3 is 1. The topological polar surface area (TPSA) is 79.8 Å². The van der Waals surface area contributed by atoms with Crippen molar-refractivity contribution in [1.82, 2.24) is 14.9 Å². The number of carbonyl (C=O) groups is 1. The molecule has 138 valence electrons. The maximum absolute atomic E-state index is 11.8. The summed E-state index contributed by atoms with van der Waals surface area (Å²) in [4.78, 5) is 24.5. The molecule has 0 aliphatic carbocycles. The third kappa shape index (κ3) is 4.33. The van der Waals surface area contributed by atoms with Crippen molar-refractivity contribution in [2.45, 2.75) is 6.92 Å². The first-order valence-corrected chi connectivity index (χ1v) is 8.60. The summed E-state index contributed by atoms with van der Waals surface area (Å²) in [5.41, 5.74) is 0.890. The van der Waals surface area contributed by atoms with E-state index in [0.717, 1.165) is 11.4 Å². The smallest absolute Gasteiger partial charge is 0.409 e. The summed E-state index contributed by atoms with van der Waals surface area (Å²) < 4.78 is 10.3. The third-order valence-electron chi connectivity index (χ3n) is 4.07. The highest BCUT2D eigenvalue weighted by atomic mass is 16.6. The number of anilines is 3. The van der Waals surface area contributed by atoms with Gasteiger partial charge in [-0.3, -0.25) is 0 Å². The highest BCUT2D eigenvalue weighted by Crippen LogP contribution is 2.21. The largest absolute Gasteiger partial charge is 0.497 e. The Labute approximate surface area is 152 Å². The van der Waals surface area contributed by atoms with E-state index < -0.39 is 0 Å². The monoisotopic (exact) mass is 357 g/mol. The molecule has 0 saturated carbocycles. The summed E-state index contributed by atoms with van der Waals surface area (Å²) in [6.45, 7) is 4.72. The molecule has 2 aromatic rings. The number of nitrogens with one attached hydrogen (secondary N) is 1. The van der Waals surface area contributed by atoms with Crippen molar-refractivity contribution < 1.29 is 14.3 Å². The van der Waals surface area contributed by atoms with E-state index in [1.807, 2.05) is 37.3 Å². The van der Waals surface area contributed by atoms with E-state index >= 15 is 0 Å². The van der Waals surface area contributed by atoms with Crippen molar-refractivity contribution in [3.05, 3.63) is 36.5 Å². The van der Waals surface area contributed by atoms with Crippen LogP contribution in [0.25, 0.3) is 0 Å². The minimum Gasteiger partial charge on any atom is -0.497 e. The Morgan fingerprint density at radius 3 is 2.77 bits per heavy atom. The van der Waals surface area contributed by atoms with Gasteiger partial charge in [0.05, 0.1) is 13.7 Å². The first-order valence-electron chi connectivity index (χ1n) is 8.60. The van der Waals surface area contributed by atoms with Crippen molar-refractivity contribution in [2.75, 3.05) is 50.1 Å². The average Bonchev–Trinajstić information content (AvgIpc) is 2.69. The fourth-order valence-corrected chi connectivity index (χ4v) is 2.72. The van der Waals surface area contributed by atoms with Crippen LogP contribution in [0.15, 0.2) is 36.5 Å². The first kappa shape index (κ1) is 17.8. The van der Waals surface area contributed by atoms with Gasteiger partial charge in [0.1, 0.15) is 11.6 Å². The number of piperazine rings is 1. The van der Waals surface area contributed by atoms with Crippen molar-refractivity contribution in [1.29, 1.82) is 0 Å². The van der Waals surface area contributed by atoms with Gasteiger partial charge >= 0.3 is 6.09 Å². The Kier molecular flexibility index (Phi) is 5.73. The minimum atomic E-state index is -0.262. The van der Waals surface area contributed by atoms with Crippen LogP contribution < -0.4 is 15.0 Å². The van der Waals surface area contributed by atoms with Gasteiger partial charge in [-0.05, 0) is 25.1 Å². The maximum Gasteiger partial charge on any atom is 0.409 e. The van der Waals surface area contributed by atoms with Gasteiger partial charge in [-0.25, -0.2) is 9.78 Å². The summed E-state index contributed by atoms with van der Waals surface area (Å²) in [5, 5.41) is 3.26. The molecule has 0 atom stereocenters. The second kappa shape index (κ2) is 8.37. The van der Waals surface area contributed by atoms with Gasteiger partial charge in [0.25, 0.3) is 0 Å². The summed E-state index contributed by atoms with van der Waals surface area (Å²) >= 11 is 0. The number of ether oxygens (including phenoxy) is 2. The number of nitrogens with zero attached hydrogens (tertiary/aromatic N) is 4. The summed E-state index contributed by atoms with van der Waals surface area (Å²) in [7, 11) is 1.64. The summed E-state index contributed by atoms with van der Waals surface area (Å²) in [5.74, 6) is 2.12. The second-order valence-electron chi connectivity index (χ2n) is 5.77. The Morgan fingerprint density at radius 2 is 2.04 bits per heavy atom. The molecule has 1 aromatic carbocycles. The van der Waals surface area contributed by atoms with Gasteiger partial charge in [-0.15, -0.1) is 0 Å². The van der Waals surface area contributed by atoms with Crippen LogP contribution in [0.5, 0.6) is 5.75 Å². The number of hydrogen-bond acceptors (Lipinski definition) is 7. The number of carbonyl (C=O) groups excluding carboxylic acids is 1. The molecular weight excluding hydrogens is 334 g/mol. The molecule has 8 heteroatoms. The average molecular weight is 357 g/mol. The van der Waals surface area contributed by atoms with Gasteiger partial charge in [-0.2, -0.15) is 4.98 Å². The number of benzene rings is 1. The van der Waals surface area contributed by atoms with E-state index in [9.17, 15) is 4.79 Å². The zero-order valence-electron chi connectivity index (χ0n) is 15.0. The maximum atomic E-state index is 11.8. The first-order chi connectivity index (χ1) is 12.7. The minimum absolute atomic E-state index is 0.262. The predicted molar refractivity (Wildman–Crippen MR) is 99.1 cm³/mol. The lowest BCUT2D eigenvalue weighted by atomic mass is 10.3. The molecule has 1 N–H and O–H groups in total. The third-order valence-corrected chi connectivity index (χ3v) is 4.07. The van der Waals surface area contributed by atoms with E-state index in [2.05, 4.69) is 20.2 Å². The van der Waals surface area contributed by atoms with E-state index in [-0.39, 0.29) is 6.09 Å². The van der Waals surface area contributed by atoms with Gasteiger partial charge in [-0.1, -0.05) is 6.07 Å². The van der Waals surface area contributed by atoms with Gasteiger partial charge in [0.2, 0.25) is 5.95 Å². The van der Waals surface area contributed by atoms with Crippen molar-refractivity contribution in [3.8, 4) is 5.75 Å². The molecule has 3 rings (SSSR count). The van der Waals surface area contributed by atoms with Crippen LogP contribution in [0.1, 0.15) is 6.92 Å². The molecule has 0 radical (unpaired) electrons. The summed E-state index contributed by atoms with van der Waals surface area (Å²) in [6.07, 6.45) is 1.46. The molecule has 0 unspecified atom stereocenters. The fraction of sp³-hybridized carbons (Fsp3) is 0.389. The SMILES string of the molecule is CCOC(=O)N1CCN(c2nccc(Nc3cccc(OC)c3)n2)CC1. The van der Waals surface area contributed by atoms with Crippen LogP contribution in [0, 0.1) is 0 Å². The molecule has 0 spiro atoms. The molecule has 26 heavy (non-hydrogen) atoms. The Balaban J connectivity index is 1.63. The second-order valence-corrected chi connectivity index (χ2v) is 5.77. The normalized spacial score (nSPS) is 14.1. The number of aromatic nitrogens is 2. The lowest BCUT2D eigenvalue weighted by molar-refractivity contribution is 0.105. The predicted octanol–water partition coefficient (Wildman–Crippen LogP) is 2.51. The molecule has 1 aliphatic rings. The highest BCUT2D eigenvalue weighted by molar-refractivity contribution is 5.68. The highest BCUT2D eigenvalue weighted by Gasteiger charge is 2.23. The molecule has 1 fully saturated rings. The van der Waals surface area contributed by atoms with Crippen molar-refractivity contribution in [2.24, 2.45) is 0 Å². The van der Waals surface area contributed by atoms with Crippen LogP contribution in [-0.2, 0) is 4.74 Å². The Hall–Kier alpha value is -3.03. The van der Waals surface area contributed by atoms with E-state index in [0.29, 0.717) is 44.6 Å². The molecule has 0 bridgehead atoms. The van der Waals surface area contributed by atoms with Crippen LogP contribution in [0.4, 0.5) is 22.2 Å². The van der Waals surface area contributed by atoms with Crippen LogP contribution in [0.3, 0.4) is 0 Å². The molecule has 8 nitrogen and oxygen atoms in total. The standard InChI is InChI=1S/C18H23N5O3/c1-3-26-18(24)23-11-9-22(10-12-23)17-19-8-7-16(21-17)20-14-5-4-6-15(13-14)25-2/h4-8,13H,3,9-12H2,1-2H3,(H,19,20,21). The van der Waals surface area contributed by atoms with E-state index in [1.165, 1.54) is 0 Å². The number of rotatable bonds is 5. The molecule has 1 saturated heterocycles. The number of hydrogen-bond donors (Lipinski definition) is 1. The van der Waals surface area contributed by atoms with Gasteiger partial charge in [0, 0.05) is 44.1 Å². The quantitative estimate of drug-likeness (QED) is 0.880. The van der Waals surface area contributed by atoms with Crippen LogP contribution >= 0.6 is 0 Å². The van der Waals surface area contributed by atoms with Crippen LogP contribution in [0.2, 0.25) is 0 Å². The van der Waals surface area contributed by atoms with Gasteiger partial charge in [0.15, 0.2) is 0 Å². The van der Waals surface area contributed by atoms with Crippen molar-refractivity contribution in [3.63, 3.8) is 0 Å². The fourth-order valence-electron chi connectivity index (χ4n) is 2.72. The van der Waals surface area contributed by atoms with Gasteiger partial charge < -0.3 is 24.6 Å². The van der Waals surface area contributed by atoms with E-state index in [1.54, 1.807) is 18.2 Å². The zero-order valence-corrected chi connectivity index (χ0v) is 15.0. The Morgan fingerprint density at radius 1 is 1.23 bits per heavy atom. The molecule has 1 amide bonds. The lowest BCUT2D eigenvalue weighted by Gasteiger charge is -2.34.